The number of fused-ring (bicyclic) bond motifs is 2. The number of carbonyl (C=O) groups is 1. The first-order valence-electron chi connectivity index (χ1n) is 15.5. The Morgan fingerprint density at radius 1 is 0.553 bits per heavy atom. The summed E-state index contributed by atoms with van der Waals surface area (Å²) in [4.78, 5) is 18.2. The van der Waals surface area contributed by atoms with Crippen LogP contribution in [0.1, 0.15) is 10.4 Å². The molecule has 0 bridgehead atoms. The van der Waals surface area contributed by atoms with Gasteiger partial charge in [0.2, 0.25) is 0 Å². The first kappa shape index (κ1) is 28.7. The molecule has 0 saturated heterocycles. The van der Waals surface area contributed by atoms with Crippen LogP contribution >= 0.6 is 15.9 Å². The molecule has 8 rings (SSSR count). The van der Waals surface area contributed by atoms with Crippen LogP contribution in [0.3, 0.4) is 0 Å². The summed E-state index contributed by atoms with van der Waals surface area (Å²) < 4.78 is 3.16. The fourth-order valence-corrected chi connectivity index (χ4v) is 6.53. The summed E-state index contributed by atoms with van der Waals surface area (Å²) in [5.74, 6) is 0.762. The van der Waals surface area contributed by atoms with Gasteiger partial charge in [0, 0.05) is 32.5 Å². The Kier molecular flexibility index (Phi) is 7.44. The Morgan fingerprint density at radius 2 is 1.17 bits per heavy atom. The van der Waals surface area contributed by atoms with E-state index in [2.05, 4.69) is 135 Å². The summed E-state index contributed by atoms with van der Waals surface area (Å²) in [6.45, 7) is 0. The second kappa shape index (κ2) is 12.2. The molecule has 1 N–H and O–H groups in total. The summed E-state index contributed by atoms with van der Waals surface area (Å²) in [7, 11) is 0. The number of nitrogens with one attached hydrogen (secondary N) is 1. The Bertz CT molecular complexity index is 2400. The molecule has 47 heavy (non-hydrogen) atoms. The number of nitrogens with zero attached hydrogens (tertiary/aromatic N) is 2. The number of carbonyl (C=O) groups excluding carboxylic acids is 1. The van der Waals surface area contributed by atoms with Crippen LogP contribution in [0.2, 0.25) is 0 Å². The van der Waals surface area contributed by atoms with E-state index in [0.29, 0.717) is 5.56 Å². The monoisotopic (exact) mass is 669 g/mol. The van der Waals surface area contributed by atoms with Gasteiger partial charge in [-0.1, -0.05) is 125 Å². The third-order valence-corrected chi connectivity index (χ3v) is 9.05. The lowest BCUT2D eigenvalue weighted by Gasteiger charge is -2.16. The normalized spacial score (nSPS) is 11.2. The predicted octanol–water partition coefficient (Wildman–Crippen LogP) is 11.2. The van der Waals surface area contributed by atoms with Crippen molar-refractivity contribution in [1.82, 2.24) is 9.55 Å². The number of para-hydroxylation sites is 4. The topological polar surface area (TPSA) is 46.9 Å². The summed E-state index contributed by atoms with van der Waals surface area (Å²) >= 11 is 3.45. The Morgan fingerprint density at radius 3 is 1.96 bits per heavy atom. The third-order valence-electron chi connectivity index (χ3n) is 8.53. The summed E-state index contributed by atoms with van der Waals surface area (Å²) in [6.07, 6.45) is 0. The zero-order valence-corrected chi connectivity index (χ0v) is 26.9. The number of hydrogen-bond acceptors (Lipinski definition) is 2. The third kappa shape index (κ3) is 5.41. The zero-order chi connectivity index (χ0) is 31.7. The van der Waals surface area contributed by atoms with Gasteiger partial charge >= 0.3 is 0 Å². The van der Waals surface area contributed by atoms with Gasteiger partial charge in [-0.05, 0) is 82.1 Å². The molecule has 0 radical (unpaired) electrons. The molecule has 0 atom stereocenters. The van der Waals surface area contributed by atoms with Crippen molar-refractivity contribution in [1.29, 1.82) is 0 Å². The van der Waals surface area contributed by atoms with Crippen molar-refractivity contribution in [3.05, 3.63) is 174 Å². The van der Waals surface area contributed by atoms with E-state index >= 15 is 0 Å². The highest BCUT2D eigenvalue weighted by atomic mass is 79.9. The number of hydrogen-bond donors (Lipinski definition) is 1. The molecular weight excluding hydrogens is 642 g/mol. The van der Waals surface area contributed by atoms with Gasteiger partial charge in [-0.3, -0.25) is 9.36 Å². The van der Waals surface area contributed by atoms with Gasteiger partial charge in [0.1, 0.15) is 5.82 Å². The SMILES string of the molecule is O=C(Nc1ccccc1-c1ccc(-c2ccc(-c3nc4ccccc4n3-c3ccccc3)cc2)c2ccccc12)c1ccc(Br)cc1. The average molecular weight is 671 g/mol. The van der Waals surface area contributed by atoms with Gasteiger partial charge < -0.3 is 5.32 Å². The summed E-state index contributed by atoms with van der Waals surface area (Å²) in [6, 6.07) is 55.5. The van der Waals surface area contributed by atoms with Crippen LogP contribution in [0.25, 0.3) is 61.1 Å². The second-order valence-corrected chi connectivity index (χ2v) is 12.3. The molecule has 0 fully saturated rings. The highest BCUT2D eigenvalue weighted by Gasteiger charge is 2.17. The molecule has 4 nitrogen and oxygen atoms in total. The number of benzene rings is 7. The van der Waals surface area contributed by atoms with E-state index in [-0.39, 0.29) is 5.91 Å². The van der Waals surface area contributed by atoms with E-state index in [9.17, 15) is 4.79 Å². The minimum Gasteiger partial charge on any atom is -0.321 e. The molecule has 224 valence electrons. The van der Waals surface area contributed by atoms with Crippen LogP contribution in [0.4, 0.5) is 5.69 Å². The van der Waals surface area contributed by atoms with Gasteiger partial charge in [0.15, 0.2) is 0 Å². The van der Waals surface area contributed by atoms with Gasteiger partial charge in [-0.15, -0.1) is 0 Å². The zero-order valence-electron chi connectivity index (χ0n) is 25.3. The Hall–Kier alpha value is -5.78. The maximum absolute atomic E-state index is 13.2. The maximum Gasteiger partial charge on any atom is 0.255 e. The summed E-state index contributed by atoms with van der Waals surface area (Å²) in [5.41, 5.74) is 9.83. The molecule has 5 heteroatoms. The van der Waals surface area contributed by atoms with Crippen molar-refractivity contribution in [2.75, 3.05) is 5.32 Å². The average Bonchev–Trinajstić information content (AvgIpc) is 3.52. The minimum absolute atomic E-state index is 0.147. The molecule has 0 spiro atoms. The van der Waals surface area contributed by atoms with E-state index < -0.39 is 0 Å². The van der Waals surface area contributed by atoms with Gasteiger partial charge in [-0.2, -0.15) is 0 Å². The van der Waals surface area contributed by atoms with E-state index in [1.54, 1.807) is 0 Å². The largest absolute Gasteiger partial charge is 0.321 e. The highest BCUT2D eigenvalue weighted by Crippen LogP contribution is 2.39. The van der Waals surface area contributed by atoms with Crippen LogP contribution in [-0.4, -0.2) is 15.5 Å². The molecule has 0 saturated carbocycles. The van der Waals surface area contributed by atoms with Crippen molar-refractivity contribution < 1.29 is 4.79 Å². The molecule has 0 aliphatic carbocycles. The van der Waals surface area contributed by atoms with Gasteiger partial charge in [0.25, 0.3) is 5.91 Å². The fourth-order valence-electron chi connectivity index (χ4n) is 6.27. The van der Waals surface area contributed by atoms with Crippen LogP contribution in [-0.2, 0) is 0 Å². The summed E-state index contributed by atoms with van der Waals surface area (Å²) in [5, 5.41) is 5.40. The van der Waals surface area contributed by atoms with Crippen LogP contribution in [0.5, 0.6) is 0 Å². The van der Waals surface area contributed by atoms with Crippen LogP contribution in [0.15, 0.2) is 168 Å². The van der Waals surface area contributed by atoms with E-state index in [0.717, 1.165) is 71.3 Å². The first-order chi connectivity index (χ1) is 23.1. The standard InChI is InChI=1S/C42H28BrN3O/c43-31-24-22-30(23-25-31)42(47)45-38-15-7-6-14-37(38)36-27-26-33(34-12-4-5-13-35(34)36)28-18-20-29(21-19-28)41-44-39-16-8-9-17-40(39)46(41)32-10-2-1-3-11-32/h1-27H,(H,45,47). The number of halogens is 1. The smallest absolute Gasteiger partial charge is 0.255 e. The number of amides is 1. The predicted molar refractivity (Wildman–Crippen MR) is 197 cm³/mol. The number of aromatic nitrogens is 2. The van der Waals surface area contributed by atoms with Crippen molar-refractivity contribution in [3.63, 3.8) is 0 Å². The molecule has 1 amide bonds. The number of rotatable bonds is 6. The second-order valence-electron chi connectivity index (χ2n) is 11.4. The molecule has 0 aliphatic heterocycles. The molecule has 7 aromatic carbocycles. The fraction of sp³-hybridized carbons (Fsp3) is 0. The molecular formula is C42H28BrN3O. The van der Waals surface area contributed by atoms with Crippen LogP contribution in [0, 0.1) is 0 Å². The van der Waals surface area contributed by atoms with Crippen molar-refractivity contribution >= 4 is 49.3 Å². The van der Waals surface area contributed by atoms with E-state index in [1.165, 1.54) is 0 Å². The molecule has 1 aromatic heterocycles. The quantitative estimate of drug-likeness (QED) is 0.191. The Balaban J connectivity index is 1.17. The van der Waals surface area contributed by atoms with Crippen molar-refractivity contribution in [3.8, 4) is 39.3 Å². The van der Waals surface area contributed by atoms with Crippen molar-refractivity contribution in [2.24, 2.45) is 0 Å². The Labute approximate surface area is 281 Å². The van der Waals surface area contributed by atoms with Crippen molar-refractivity contribution in [2.45, 2.75) is 0 Å². The lowest BCUT2D eigenvalue weighted by molar-refractivity contribution is 0.102. The van der Waals surface area contributed by atoms with E-state index in [1.807, 2.05) is 54.6 Å². The first-order valence-corrected chi connectivity index (χ1v) is 16.3. The molecule has 8 aromatic rings. The maximum atomic E-state index is 13.2. The van der Waals surface area contributed by atoms with Crippen LogP contribution < -0.4 is 5.32 Å². The molecule has 0 aliphatic rings. The molecule has 1 heterocycles. The lowest BCUT2D eigenvalue weighted by Crippen LogP contribution is -2.12. The van der Waals surface area contributed by atoms with Gasteiger partial charge in [0.05, 0.1) is 11.0 Å². The van der Waals surface area contributed by atoms with Gasteiger partial charge in [-0.25, -0.2) is 4.98 Å². The highest BCUT2D eigenvalue weighted by molar-refractivity contribution is 9.10. The van der Waals surface area contributed by atoms with E-state index in [4.69, 9.17) is 4.98 Å². The number of anilines is 1. The number of imidazole rings is 1. The lowest BCUT2D eigenvalue weighted by atomic mass is 9.91. The molecule has 0 unspecified atom stereocenters. The minimum atomic E-state index is -0.147.